The number of hydrogen-bond donors (Lipinski definition) is 1. The fraction of sp³-hybridized carbons (Fsp3) is 0.182. The van der Waals surface area contributed by atoms with Crippen molar-refractivity contribution in [3.05, 3.63) is 84.4 Å². The second kappa shape index (κ2) is 7.22. The Balaban J connectivity index is 1.77. The molecule has 1 heterocycles. The molecule has 4 nitrogen and oxygen atoms in total. The monoisotopic (exact) mass is 380 g/mol. The van der Waals surface area contributed by atoms with Crippen molar-refractivity contribution in [2.45, 2.75) is 18.7 Å². The summed E-state index contributed by atoms with van der Waals surface area (Å²) >= 11 is 0. The van der Waals surface area contributed by atoms with Crippen LogP contribution in [0.25, 0.3) is 0 Å². The molecule has 1 aliphatic rings. The number of aliphatic hydroxyl groups excluding tert-OH is 1. The number of rotatable bonds is 5. The fourth-order valence-corrected chi connectivity index (χ4v) is 6.53. The molecule has 0 fully saturated rings. The van der Waals surface area contributed by atoms with E-state index in [9.17, 15) is 9.67 Å². The van der Waals surface area contributed by atoms with Crippen LogP contribution < -0.4 is 20.1 Å². The van der Waals surface area contributed by atoms with Crippen LogP contribution >= 0.6 is 7.14 Å². The van der Waals surface area contributed by atoms with Crippen LogP contribution in [0.15, 0.2) is 78.9 Å². The number of benzene rings is 3. The Hall–Kier alpha value is -2.55. The first-order valence-electron chi connectivity index (χ1n) is 8.89. The van der Waals surface area contributed by atoms with Crippen molar-refractivity contribution < 1.29 is 19.1 Å². The van der Waals surface area contributed by atoms with Crippen molar-refractivity contribution in [2.24, 2.45) is 0 Å². The maximum atomic E-state index is 14.3. The van der Waals surface area contributed by atoms with Gasteiger partial charge in [-0.05, 0) is 17.7 Å². The average molecular weight is 380 g/mol. The minimum absolute atomic E-state index is 0.178. The molecule has 0 aromatic heterocycles. The SMILES string of the molecule is C[C@@H]([C@@H](O)c1ccc2c(c1)OCO2)P(=O)(c1ccccc1)c1ccccc1. The summed E-state index contributed by atoms with van der Waals surface area (Å²) < 4.78 is 25.1. The van der Waals surface area contributed by atoms with E-state index in [0.717, 1.165) is 10.6 Å². The summed E-state index contributed by atoms with van der Waals surface area (Å²) in [7, 11) is -3.08. The highest BCUT2D eigenvalue weighted by atomic mass is 31.2. The number of fused-ring (bicyclic) bond motifs is 1. The van der Waals surface area contributed by atoms with Gasteiger partial charge in [0.2, 0.25) is 6.79 Å². The molecule has 4 rings (SSSR count). The van der Waals surface area contributed by atoms with Crippen LogP contribution in [0.4, 0.5) is 0 Å². The van der Waals surface area contributed by atoms with Crippen molar-refractivity contribution in [2.75, 3.05) is 6.79 Å². The second-order valence-corrected chi connectivity index (χ2v) is 9.79. The molecule has 0 unspecified atom stereocenters. The van der Waals surface area contributed by atoms with E-state index < -0.39 is 18.9 Å². The highest BCUT2D eigenvalue weighted by Crippen LogP contribution is 2.53. The molecule has 1 aliphatic heterocycles. The van der Waals surface area contributed by atoms with E-state index in [0.29, 0.717) is 17.1 Å². The number of ether oxygens (including phenoxy) is 2. The predicted octanol–water partition coefficient (Wildman–Crippen LogP) is 3.85. The Kier molecular flexibility index (Phi) is 4.77. The van der Waals surface area contributed by atoms with Crippen LogP contribution in [0.2, 0.25) is 0 Å². The van der Waals surface area contributed by atoms with Crippen LogP contribution in [0.3, 0.4) is 0 Å². The fourth-order valence-electron chi connectivity index (χ4n) is 3.49. The Bertz CT molecular complexity index is 929. The molecule has 0 amide bonds. The summed E-state index contributed by atoms with van der Waals surface area (Å²) in [5, 5.41) is 12.6. The van der Waals surface area contributed by atoms with Crippen LogP contribution in [0, 0.1) is 0 Å². The van der Waals surface area contributed by atoms with E-state index in [-0.39, 0.29) is 6.79 Å². The van der Waals surface area contributed by atoms with Gasteiger partial charge in [-0.3, -0.25) is 0 Å². The van der Waals surface area contributed by atoms with E-state index in [1.165, 1.54) is 0 Å². The Morgan fingerprint density at radius 2 is 1.41 bits per heavy atom. The first-order chi connectivity index (χ1) is 13.1. The molecular formula is C22H21O4P. The van der Waals surface area contributed by atoms with Crippen molar-refractivity contribution >= 4 is 17.8 Å². The van der Waals surface area contributed by atoms with Gasteiger partial charge in [0.25, 0.3) is 0 Å². The summed E-state index contributed by atoms with van der Waals surface area (Å²) in [5.74, 6) is 1.26. The molecule has 3 aromatic carbocycles. The first-order valence-corrected chi connectivity index (χ1v) is 10.7. The molecule has 0 saturated heterocycles. The third-order valence-corrected chi connectivity index (χ3v) is 8.61. The van der Waals surface area contributed by atoms with E-state index in [1.54, 1.807) is 18.2 Å². The van der Waals surface area contributed by atoms with Gasteiger partial charge >= 0.3 is 0 Å². The summed E-state index contributed by atoms with van der Waals surface area (Å²) in [5.41, 5.74) is 0.154. The van der Waals surface area contributed by atoms with Gasteiger partial charge in [0, 0.05) is 16.3 Å². The smallest absolute Gasteiger partial charge is 0.231 e. The van der Waals surface area contributed by atoms with Crippen molar-refractivity contribution in [3.8, 4) is 11.5 Å². The molecular weight excluding hydrogens is 359 g/mol. The maximum absolute atomic E-state index is 14.3. The number of hydrogen-bond acceptors (Lipinski definition) is 4. The second-order valence-electron chi connectivity index (χ2n) is 6.63. The zero-order valence-electron chi connectivity index (χ0n) is 15.0. The normalized spacial score (nSPS) is 15.3. The molecule has 0 spiro atoms. The summed E-state index contributed by atoms with van der Waals surface area (Å²) in [6.45, 7) is 2.02. The van der Waals surface area contributed by atoms with Crippen LogP contribution in [0.1, 0.15) is 18.6 Å². The van der Waals surface area contributed by atoms with Crippen LogP contribution in [-0.2, 0) is 4.57 Å². The number of aliphatic hydroxyl groups is 1. The molecule has 0 bridgehead atoms. The van der Waals surface area contributed by atoms with Gasteiger partial charge in [-0.15, -0.1) is 0 Å². The minimum Gasteiger partial charge on any atom is -0.454 e. The van der Waals surface area contributed by atoms with E-state index in [1.807, 2.05) is 67.6 Å². The Morgan fingerprint density at radius 1 is 0.852 bits per heavy atom. The molecule has 0 radical (unpaired) electrons. The standard InChI is InChI=1S/C22H21O4P/c1-16(22(23)17-12-13-20-21(14-17)26-15-25-20)27(24,18-8-4-2-5-9-18)19-10-6-3-7-11-19/h2-14,16,22-23H,15H2,1H3/t16-,22+/m0/s1. The van der Waals surface area contributed by atoms with Crippen molar-refractivity contribution in [1.29, 1.82) is 0 Å². The topological polar surface area (TPSA) is 55.8 Å². The van der Waals surface area contributed by atoms with E-state index >= 15 is 0 Å². The lowest BCUT2D eigenvalue weighted by molar-refractivity contribution is 0.171. The third kappa shape index (κ3) is 3.16. The van der Waals surface area contributed by atoms with E-state index in [4.69, 9.17) is 9.47 Å². The molecule has 2 atom stereocenters. The zero-order valence-corrected chi connectivity index (χ0v) is 15.9. The minimum atomic E-state index is -3.08. The van der Waals surface area contributed by atoms with Crippen LogP contribution in [-0.4, -0.2) is 17.6 Å². The van der Waals surface area contributed by atoms with Gasteiger partial charge in [-0.25, -0.2) is 0 Å². The average Bonchev–Trinajstić information content (AvgIpc) is 3.21. The van der Waals surface area contributed by atoms with Gasteiger partial charge < -0.3 is 19.1 Å². The first kappa shape index (κ1) is 17.8. The predicted molar refractivity (Wildman–Crippen MR) is 107 cm³/mol. The molecule has 1 N–H and O–H groups in total. The molecule has 0 aliphatic carbocycles. The van der Waals surface area contributed by atoms with Crippen molar-refractivity contribution in [1.82, 2.24) is 0 Å². The molecule has 138 valence electrons. The highest BCUT2D eigenvalue weighted by Gasteiger charge is 2.38. The Labute approximate surface area is 158 Å². The van der Waals surface area contributed by atoms with Gasteiger partial charge in [0.15, 0.2) is 11.5 Å². The van der Waals surface area contributed by atoms with Gasteiger partial charge in [0.1, 0.15) is 7.14 Å². The van der Waals surface area contributed by atoms with E-state index in [2.05, 4.69) is 0 Å². The summed E-state index contributed by atoms with van der Waals surface area (Å²) in [6, 6.07) is 24.2. The molecule has 5 heteroatoms. The van der Waals surface area contributed by atoms with Gasteiger partial charge in [0.05, 0.1) is 6.10 Å². The summed E-state index contributed by atoms with van der Waals surface area (Å²) in [4.78, 5) is 0. The lowest BCUT2D eigenvalue weighted by Gasteiger charge is -2.30. The zero-order chi connectivity index (χ0) is 18.9. The van der Waals surface area contributed by atoms with Crippen LogP contribution in [0.5, 0.6) is 11.5 Å². The molecule has 27 heavy (non-hydrogen) atoms. The largest absolute Gasteiger partial charge is 0.454 e. The molecule has 3 aromatic rings. The Morgan fingerprint density at radius 3 is 2.00 bits per heavy atom. The maximum Gasteiger partial charge on any atom is 0.231 e. The lowest BCUT2D eigenvalue weighted by Crippen LogP contribution is -2.28. The third-order valence-electron chi connectivity index (χ3n) is 5.05. The van der Waals surface area contributed by atoms with Crippen molar-refractivity contribution in [3.63, 3.8) is 0 Å². The molecule has 0 saturated carbocycles. The van der Waals surface area contributed by atoms with Gasteiger partial charge in [-0.2, -0.15) is 0 Å². The highest BCUT2D eigenvalue weighted by molar-refractivity contribution is 7.79. The van der Waals surface area contributed by atoms with Gasteiger partial charge in [-0.1, -0.05) is 73.7 Å². The quantitative estimate of drug-likeness (QED) is 0.683. The lowest BCUT2D eigenvalue weighted by atomic mass is 10.1. The summed E-state index contributed by atoms with van der Waals surface area (Å²) in [6.07, 6.45) is -0.911.